The van der Waals surface area contributed by atoms with Gasteiger partial charge in [0.2, 0.25) is 0 Å². The van der Waals surface area contributed by atoms with Crippen molar-refractivity contribution in [1.29, 1.82) is 0 Å². The van der Waals surface area contributed by atoms with Crippen LogP contribution in [-0.2, 0) is 17.5 Å². The summed E-state index contributed by atoms with van der Waals surface area (Å²) in [6.45, 7) is 9.18. The number of carbonyl (C=O) groups is 2. The maximum Gasteiger partial charge on any atom is 0.416 e. The molecule has 8 heteroatoms. The lowest BCUT2D eigenvalue weighted by Gasteiger charge is -2.48. The van der Waals surface area contributed by atoms with E-state index in [1.54, 1.807) is 32.6 Å². The summed E-state index contributed by atoms with van der Waals surface area (Å²) < 4.78 is 46.4. The van der Waals surface area contributed by atoms with Gasteiger partial charge in [-0.3, -0.25) is 4.79 Å². The fraction of sp³-hybridized carbons (Fsp3) is 0.636. The Bertz CT molecular complexity index is 854. The van der Waals surface area contributed by atoms with Crippen LogP contribution in [0.3, 0.4) is 0 Å². The Morgan fingerprint density at radius 3 is 2.40 bits per heavy atom. The van der Waals surface area contributed by atoms with Crippen LogP contribution in [0.15, 0.2) is 12.1 Å². The number of rotatable bonds is 4. The average Bonchev–Trinajstić information content (AvgIpc) is 2.95. The standard InChI is InChI=1S/C22H29F3N2O3/c1-13(12-27(21(5)7-6-8-21)19(29)30-20(2,3)4)14-9-15-16(11-26-18(15)28)17(10-14)22(23,24)25/h9-10,13H,6-8,11-12H2,1-5H3,(H,26,28). The van der Waals surface area contributed by atoms with Gasteiger partial charge in [0, 0.05) is 24.2 Å². The van der Waals surface area contributed by atoms with Gasteiger partial charge in [-0.05, 0) is 76.1 Å². The number of nitrogens with one attached hydrogen (secondary N) is 1. The first-order valence-electron chi connectivity index (χ1n) is 10.2. The average molecular weight is 426 g/mol. The fourth-order valence-electron chi connectivity index (χ4n) is 4.06. The summed E-state index contributed by atoms with van der Waals surface area (Å²) in [6, 6.07) is 2.63. The molecule has 1 N–H and O–H groups in total. The highest BCUT2D eigenvalue weighted by Gasteiger charge is 2.43. The molecule has 2 aliphatic rings. The van der Waals surface area contributed by atoms with Gasteiger partial charge in [-0.25, -0.2) is 4.79 Å². The molecule has 1 fully saturated rings. The molecule has 0 radical (unpaired) electrons. The molecular weight excluding hydrogens is 397 g/mol. The second kappa shape index (κ2) is 7.46. The Labute approximate surface area is 175 Å². The van der Waals surface area contributed by atoms with Crippen LogP contribution in [-0.4, -0.2) is 34.6 Å². The summed E-state index contributed by atoms with van der Waals surface area (Å²) in [7, 11) is 0. The van der Waals surface area contributed by atoms with E-state index in [1.807, 2.05) is 6.92 Å². The van der Waals surface area contributed by atoms with E-state index in [9.17, 15) is 22.8 Å². The lowest BCUT2D eigenvalue weighted by Crippen LogP contribution is -2.56. The number of amides is 2. The van der Waals surface area contributed by atoms with Crippen molar-refractivity contribution in [2.75, 3.05) is 6.54 Å². The van der Waals surface area contributed by atoms with E-state index in [-0.39, 0.29) is 29.8 Å². The number of carbonyl (C=O) groups excluding carboxylic acids is 2. The van der Waals surface area contributed by atoms with E-state index >= 15 is 0 Å². The van der Waals surface area contributed by atoms with Crippen LogP contribution in [0, 0.1) is 0 Å². The molecular formula is C22H29F3N2O3. The quantitative estimate of drug-likeness (QED) is 0.717. The zero-order valence-corrected chi connectivity index (χ0v) is 18.1. The first kappa shape index (κ1) is 22.4. The normalized spacial score (nSPS) is 18.9. The highest BCUT2D eigenvalue weighted by molar-refractivity contribution is 5.99. The molecule has 0 spiro atoms. The third-order valence-corrected chi connectivity index (χ3v) is 5.97. The van der Waals surface area contributed by atoms with Gasteiger partial charge in [0.25, 0.3) is 5.91 Å². The predicted octanol–water partition coefficient (Wildman–Crippen LogP) is 5.23. The van der Waals surface area contributed by atoms with E-state index in [4.69, 9.17) is 4.74 Å². The number of benzene rings is 1. The third-order valence-electron chi connectivity index (χ3n) is 5.97. The number of ether oxygens (including phenoxy) is 1. The van der Waals surface area contributed by atoms with Gasteiger partial charge in [0.1, 0.15) is 5.60 Å². The summed E-state index contributed by atoms with van der Waals surface area (Å²) in [5.74, 6) is -0.908. The molecule has 1 aromatic carbocycles. The Balaban J connectivity index is 1.93. The van der Waals surface area contributed by atoms with Crippen molar-refractivity contribution in [3.63, 3.8) is 0 Å². The Kier molecular flexibility index (Phi) is 5.58. The first-order valence-corrected chi connectivity index (χ1v) is 10.2. The molecule has 1 aromatic rings. The SMILES string of the molecule is CC(CN(C(=O)OC(C)(C)C)C1(C)CCC1)c1cc2c(c(C(F)(F)F)c1)CNC2=O. The Hall–Kier alpha value is -2.25. The second-order valence-corrected chi connectivity index (χ2v) is 9.62. The third kappa shape index (κ3) is 4.42. The van der Waals surface area contributed by atoms with Crippen LogP contribution in [0.2, 0.25) is 0 Å². The highest BCUT2D eigenvalue weighted by Crippen LogP contribution is 2.41. The van der Waals surface area contributed by atoms with Gasteiger partial charge in [-0.2, -0.15) is 13.2 Å². The Morgan fingerprint density at radius 2 is 1.90 bits per heavy atom. The van der Waals surface area contributed by atoms with Crippen LogP contribution < -0.4 is 5.32 Å². The predicted molar refractivity (Wildman–Crippen MR) is 106 cm³/mol. The topological polar surface area (TPSA) is 58.6 Å². The molecule has 30 heavy (non-hydrogen) atoms. The molecule has 1 unspecified atom stereocenters. The van der Waals surface area contributed by atoms with Crippen molar-refractivity contribution < 1.29 is 27.5 Å². The van der Waals surface area contributed by atoms with Gasteiger partial charge in [-0.15, -0.1) is 0 Å². The molecule has 3 rings (SSSR count). The van der Waals surface area contributed by atoms with Crippen molar-refractivity contribution >= 4 is 12.0 Å². The molecule has 5 nitrogen and oxygen atoms in total. The number of halogens is 3. The summed E-state index contributed by atoms with van der Waals surface area (Å²) in [5.41, 5.74) is -1.41. The molecule has 2 amide bonds. The molecule has 0 saturated heterocycles. The molecule has 0 aromatic heterocycles. The fourth-order valence-corrected chi connectivity index (χ4v) is 4.06. The maximum atomic E-state index is 13.6. The molecule has 0 bridgehead atoms. The first-order chi connectivity index (χ1) is 13.7. The highest BCUT2D eigenvalue weighted by atomic mass is 19.4. The monoisotopic (exact) mass is 426 g/mol. The van der Waals surface area contributed by atoms with Crippen molar-refractivity contribution in [1.82, 2.24) is 10.2 Å². The van der Waals surface area contributed by atoms with Crippen molar-refractivity contribution in [3.8, 4) is 0 Å². The zero-order valence-electron chi connectivity index (χ0n) is 18.1. The van der Waals surface area contributed by atoms with Crippen LogP contribution in [0.25, 0.3) is 0 Å². The van der Waals surface area contributed by atoms with Crippen LogP contribution in [0.1, 0.15) is 86.8 Å². The van der Waals surface area contributed by atoms with Gasteiger partial charge in [-0.1, -0.05) is 6.92 Å². The van der Waals surface area contributed by atoms with E-state index in [0.29, 0.717) is 5.56 Å². The number of alkyl halides is 3. The van der Waals surface area contributed by atoms with Crippen molar-refractivity contribution in [3.05, 3.63) is 34.4 Å². The minimum Gasteiger partial charge on any atom is -0.444 e. The van der Waals surface area contributed by atoms with Gasteiger partial charge in [0.15, 0.2) is 0 Å². The van der Waals surface area contributed by atoms with E-state index < -0.39 is 35.3 Å². The van der Waals surface area contributed by atoms with E-state index in [2.05, 4.69) is 5.32 Å². The van der Waals surface area contributed by atoms with Crippen LogP contribution >= 0.6 is 0 Å². The van der Waals surface area contributed by atoms with Crippen molar-refractivity contribution in [2.45, 2.75) is 83.7 Å². The second-order valence-electron chi connectivity index (χ2n) is 9.62. The number of hydrogen-bond donors (Lipinski definition) is 1. The molecule has 1 aliphatic carbocycles. The number of fused-ring (bicyclic) bond motifs is 1. The van der Waals surface area contributed by atoms with Crippen LogP contribution in [0.4, 0.5) is 18.0 Å². The van der Waals surface area contributed by atoms with Gasteiger partial charge >= 0.3 is 12.3 Å². The Morgan fingerprint density at radius 1 is 1.27 bits per heavy atom. The molecule has 166 valence electrons. The summed E-state index contributed by atoms with van der Waals surface area (Å²) in [5, 5.41) is 2.47. The van der Waals surface area contributed by atoms with Crippen molar-refractivity contribution in [2.24, 2.45) is 0 Å². The van der Waals surface area contributed by atoms with Gasteiger partial charge < -0.3 is 15.0 Å². The molecule has 1 heterocycles. The molecule has 1 atom stereocenters. The number of nitrogens with zero attached hydrogens (tertiary/aromatic N) is 1. The largest absolute Gasteiger partial charge is 0.444 e. The lowest BCUT2D eigenvalue weighted by atomic mass is 9.76. The molecule has 1 saturated carbocycles. The zero-order chi connectivity index (χ0) is 22.5. The smallest absolute Gasteiger partial charge is 0.416 e. The number of hydrogen-bond acceptors (Lipinski definition) is 3. The summed E-state index contributed by atoms with van der Waals surface area (Å²) >= 11 is 0. The van der Waals surface area contributed by atoms with Crippen LogP contribution in [0.5, 0.6) is 0 Å². The maximum absolute atomic E-state index is 13.6. The summed E-state index contributed by atoms with van der Waals surface area (Å²) in [6.07, 6.45) is -2.40. The minimum absolute atomic E-state index is 0.0154. The van der Waals surface area contributed by atoms with E-state index in [0.717, 1.165) is 25.3 Å². The minimum atomic E-state index is -4.56. The summed E-state index contributed by atoms with van der Waals surface area (Å²) in [4.78, 5) is 26.6. The molecule has 1 aliphatic heterocycles. The van der Waals surface area contributed by atoms with Gasteiger partial charge in [0.05, 0.1) is 5.56 Å². The lowest BCUT2D eigenvalue weighted by molar-refractivity contribution is -0.138. The van der Waals surface area contributed by atoms with E-state index in [1.165, 1.54) is 6.07 Å².